The summed E-state index contributed by atoms with van der Waals surface area (Å²) in [5.41, 5.74) is 1.64. The van der Waals surface area contributed by atoms with Crippen molar-refractivity contribution in [2.45, 2.75) is 26.9 Å². The Kier molecular flexibility index (Phi) is 5.16. The highest BCUT2D eigenvalue weighted by atomic mass is 16.6. The Hall–Kier alpha value is -1.35. The molecule has 0 amide bonds. The van der Waals surface area contributed by atoms with Gasteiger partial charge in [0.1, 0.15) is 6.10 Å². The molecule has 3 nitrogen and oxygen atoms in total. The second-order valence-corrected chi connectivity index (χ2v) is 4.51. The molecule has 0 spiro atoms. The molecule has 0 aromatic heterocycles. The Morgan fingerprint density at radius 2 is 2.06 bits per heavy atom. The van der Waals surface area contributed by atoms with Gasteiger partial charge in [0.25, 0.3) is 0 Å². The van der Waals surface area contributed by atoms with Crippen molar-refractivity contribution in [2.24, 2.45) is 5.92 Å². The Balaban J connectivity index is 2.70. The summed E-state index contributed by atoms with van der Waals surface area (Å²) >= 11 is 0. The first-order valence-electron chi connectivity index (χ1n) is 5.81. The zero-order chi connectivity index (χ0) is 12.8. The lowest BCUT2D eigenvalue weighted by Gasteiger charge is -2.20. The maximum absolute atomic E-state index is 11.9. The number of esters is 1. The summed E-state index contributed by atoms with van der Waals surface area (Å²) in [6.07, 6.45) is -0.201. The van der Waals surface area contributed by atoms with Gasteiger partial charge in [-0.15, -0.1) is 0 Å². The molecule has 1 aromatic rings. The van der Waals surface area contributed by atoms with Crippen LogP contribution < -0.4 is 0 Å². The molecule has 0 heterocycles. The van der Waals surface area contributed by atoms with Crippen molar-refractivity contribution in [3.63, 3.8) is 0 Å². The van der Waals surface area contributed by atoms with Gasteiger partial charge < -0.3 is 9.47 Å². The summed E-state index contributed by atoms with van der Waals surface area (Å²) in [6, 6.07) is 7.39. The van der Waals surface area contributed by atoms with E-state index in [2.05, 4.69) is 0 Å². The number of aryl methyl sites for hydroxylation is 1. The lowest BCUT2D eigenvalue weighted by Crippen LogP contribution is -2.28. The zero-order valence-electron chi connectivity index (χ0n) is 10.9. The summed E-state index contributed by atoms with van der Waals surface area (Å²) in [6.45, 7) is 6.39. The van der Waals surface area contributed by atoms with Crippen LogP contribution in [0.25, 0.3) is 0 Å². The van der Waals surface area contributed by atoms with E-state index in [-0.39, 0.29) is 18.0 Å². The van der Waals surface area contributed by atoms with Gasteiger partial charge in [-0.25, -0.2) is 4.79 Å². The van der Waals surface area contributed by atoms with E-state index in [1.54, 1.807) is 13.2 Å². The minimum Gasteiger partial charge on any atom is -0.456 e. The van der Waals surface area contributed by atoms with Crippen LogP contribution in [0, 0.1) is 12.8 Å². The van der Waals surface area contributed by atoms with Crippen LogP contribution in [-0.2, 0) is 9.47 Å². The van der Waals surface area contributed by atoms with E-state index < -0.39 is 0 Å². The summed E-state index contributed by atoms with van der Waals surface area (Å²) in [7, 11) is 1.61. The lowest BCUT2D eigenvalue weighted by atomic mass is 10.1. The third-order valence-corrected chi connectivity index (χ3v) is 2.59. The van der Waals surface area contributed by atoms with Crippen molar-refractivity contribution < 1.29 is 14.3 Å². The van der Waals surface area contributed by atoms with Crippen LogP contribution in [0.1, 0.15) is 29.8 Å². The number of hydrogen-bond donors (Lipinski definition) is 0. The largest absolute Gasteiger partial charge is 0.456 e. The van der Waals surface area contributed by atoms with Crippen LogP contribution in [0.5, 0.6) is 0 Å². The minimum absolute atomic E-state index is 0.201. The molecule has 0 saturated heterocycles. The Morgan fingerprint density at radius 3 is 2.59 bits per heavy atom. The van der Waals surface area contributed by atoms with Crippen LogP contribution in [0.15, 0.2) is 24.3 Å². The maximum atomic E-state index is 11.9. The number of hydrogen-bond acceptors (Lipinski definition) is 3. The van der Waals surface area contributed by atoms with Crippen molar-refractivity contribution in [3.05, 3.63) is 35.4 Å². The molecule has 0 fully saturated rings. The molecule has 0 N–H and O–H groups in total. The minimum atomic E-state index is -0.288. The van der Waals surface area contributed by atoms with Crippen molar-refractivity contribution in [2.75, 3.05) is 13.7 Å². The number of rotatable bonds is 5. The molecule has 0 aliphatic rings. The van der Waals surface area contributed by atoms with E-state index >= 15 is 0 Å². The van der Waals surface area contributed by atoms with Gasteiger partial charge >= 0.3 is 5.97 Å². The second kappa shape index (κ2) is 6.40. The van der Waals surface area contributed by atoms with Crippen LogP contribution in [0.4, 0.5) is 0 Å². The molecule has 0 aliphatic carbocycles. The van der Waals surface area contributed by atoms with Crippen molar-refractivity contribution >= 4 is 5.97 Å². The number of ether oxygens (including phenoxy) is 2. The summed E-state index contributed by atoms with van der Waals surface area (Å²) in [5.74, 6) is -0.0480. The second-order valence-electron chi connectivity index (χ2n) is 4.51. The number of carbonyl (C=O) groups excluding carboxylic acids is 1. The quantitative estimate of drug-likeness (QED) is 0.737. The zero-order valence-corrected chi connectivity index (χ0v) is 10.9. The summed E-state index contributed by atoms with van der Waals surface area (Å²) in [5, 5.41) is 0. The molecular formula is C14H20O3. The predicted octanol–water partition coefficient (Wildman–Crippen LogP) is 2.82. The van der Waals surface area contributed by atoms with Gasteiger partial charge in [-0.3, -0.25) is 0 Å². The van der Waals surface area contributed by atoms with Gasteiger partial charge in [0, 0.05) is 7.11 Å². The standard InChI is InChI=1S/C14H20O3/c1-10(2)13(9-16-4)17-14(15)12-7-5-6-11(3)8-12/h5-8,10,13H,9H2,1-4H3. The molecule has 94 valence electrons. The van der Waals surface area contributed by atoms with Gasteiger partial charge in [-0.1, -0.05) is 31.5 Å². The topological polar surface area (TPSA) is 35.5 Å². The molecule has 0 aliphatic heterocycles. The average molecular weight is 236 g/mol. The molecule has 17 heavy (non-hydrogen) atoms. The van der Waals surface area contributed by atoms with Gasteiger partial charge in [-0.05, 0) is 25.0 Å². The predicted molar refractivity (Wildman–Crippen MR) is 67.1 cm³/mol. The van der Waals surface area contributed by atoms with Crippen LogP contribution in [0.3, 0.4) is 0 Å². The number of benzene rings is 1. The van der Waals surface area contributed by atoms with Gasteiger partial charge in [0.15, 0.2) is 0 Å². The van der Waals surface area contributed by atoms with E-state index in [1.807, 2.05) is 39.0 Å². The molecule has 0 saturated carbocycles. The highest BCUT2D eigenvalue weighted by Gasteiger charge is 2.19. The average Bonchev–Trinajstić information content (AvgIpc) is 2.28. The molecular weight excluding hydrogens is 216 g/mol. The van der Waals surface area contributed by atoms with Crippen molar-refractivity contribution in [1.29, 1.82) is 0 Å². The summed E-state index contributed by atoms with van der Waals surface area (Å²) in [4.78, 5) is 11.9. The van der Waals surface area contributed by atoms with Gasteiger partial charge in [0.05, 0.1) is 12.2 Å². The van der Waals surface area contributed by atoms with Gasteiger partial charge in [-0.2, -0.15) is 0 Å². The molecule has 1 atom stereocenters. The molecule has 0 radical (unpaired) electrons. The van der Waals surface area contributed by atoms with E-state index in [1.165, 1.54) is 0 Å². The Morgan fingerprint density at radius 1 is 1.35 bits per heavy atom. The van der Waals surface area contributed by atoms with Crippen molar-refractivity contribution in [1.82, 2.24) is 0 Å². The first-order chi connectivity index (χ1) is 8.04. The van der Waals surface area contributed by atoms with Gasteiger partial charge in [0.2, 0.25) is 0 Å². The first kappa shape index (κ1) is 13.7. The normalized spacial score (nSPS) is 12.5. The number of carbonyl (C=O) groups is 1. The molecule has 3 heteroatoms. The molecule has 1 unspecified atom stereocenters. The van der Waals surface area contributed by atoms with E-state index in [0.29, 0.717) is 12.2 Å². The molecule has 0 bridgehead atoms. The van der Waals surface area contributed by atoms with Crippen molar-refractivity contribution in [3.8, 4) is 0 Å². The van der Waals surface area contributed by atoms with E-state index in [4.69, 9.17) is 9.47 Å². The number of methoxy groups -OCH3 is 1. The monoisotopic (exact) mass is 236 g/mol. The lowest BCUT2D eigenvalue weighted by molar-refractivity contribution is -0.0102. The van der Waals surface area contributed by atoms with Crippen LogP contribution >= 0.6 is 0 Å². The highest BCUT2D eigenvalue weighted by Crippen LogP contribution is 2.12. The fourth-order valence-electron chi connectivity index (χ4n) is 1.50. The SMILES string of the molecule is COCC(OC(=O)c1cccc(C)c1)C(C)C. The Labute approximate surface area is 103 Å². The van der Waals surface area contributed by atoms with Crippen LogP contribution in [-0.4, -0.2) is 25.8 Å². The van der Waals surface area contributed by atoms with Crippen LogP contribution in [0.2, 0.25) is 0 Å². The third kappa shape index (κ3) is 4.19. The summed E-state index contributed by atoms with van der Waals surface area (Å²) < 4.78 is 10.5. The fraction of sp³-hybridized carbons (Fsp3) is 0.500. The smallest absolute Gasteiger partial charge is 0.338 e. The van der Waals surface area contributed by atoms with E-state index in [9.17, 15) is 4.79 Å². The fourth-order valence-corrected chi connectivity index (χ4v) is 1.50. The molecule has 1 rings (SSSR count). The maximum Gasteiger partial charge on any atom is 0.338 e. The Bertz CT molecular complexity index is 371. The van der Waals surface area contributed by atoms with E-state index in [0.717, 1.165) is 5.56 Å². The first-order valence-corrected chi connectivity index (χ1v) is 5.81. The molecule has 1 aromatic carbocycles. The highest BCUT2D eigenvalue weighted by molar-refractivity contribution is 5.89. The third-order valence-electron chi connectivity index (χ3n) is 2.59.